The average Bonchev–Trinajstić information content (AvgIpc) is 2.38. The lowest BCUT2D eigenvalue weighted by molar-refractivity contribution is 1.01. The quantitative estimate of drug-likeness (QED) is 0.655. The highest BCUT2D eigenvalue weighted by Gasteiger charge is 2.09. The third kappa shape index (κ3) is 2.99. The molecular formula is C14H15N3S. The van der Waals surface area contributed by atoms with Crippen LogP contribution in [0, 0.1) is 0 Å². The van der Waals surface area contributed by atoms with Crippen LogP contribution in [0.5, 0.6) is 0 Å². The maximum Gasteiger partial charge on any atom is 0.171 e. The Kier molecular flexibility index (Phi) is 3.79. The third-order valence-corrected chi connectivity index (χ3v) is 2.87. The molecule has 2 aromatic carbocycles. The number of rotatable bonds is 3. The number of hydrogen-bond acceptors (Lipinski definition) is 2. The summed E-state index contributed by atoms with van der Waals surface area (Å²) in [6.45, 7) is 0.653. The molecule has 0 fully saturated rings. The van der Waals surface area contributed by atoms with Gasteiger partial charge in [0.1, 0.15) is 0 Å². The van der Waals surface area contributed by atoms with E-state index in [1.165, 1.54) is 0 Å². The molecule has 0 aromatic heterocycles. The lowest BCUT2D eigenvalue weighted by atomic mass is 10.2. The molecule has 0 heterocycles. The number of nitrogens with zero attached hydrogens (tertiary/aromatic N) is 1. The Labute approximate surface area is 112 Å². The van der Waals surface area contributed by atoms with E-state index >= 15 is 0 Å². The summed E-state index contributed by atoms with van der Waals surface area (Å²) in [5.74, 6) is 0. The van der Waals surface area contributed by atoms with E-state index in [-0.39, 0.29) is 0 Å². The molecule has 2 aromatic rings. The second-order valence-corrected chi connectivity index (χ2v) is 4.42. The smallest absolute Gasteiger partial charge is 0.171 e. The molecule has 4 heteroatoms. The fraction of sp³-hybridized carbons (Fsp3) is 0.0714. The summed E-state index contributed by atoms with van der Waals surface area (Å²) in [5, 5.41) is 0.351. The minimum atomic E-state index is 0.351. The molecule has 0 aliphatic heterocycles. The number of nitrogen functional groups attached to an aromatic ring is 1. The van der Waals surface area contributed by atoms with E-state index in [9.17, 15) is 0 Å². The Morgan fingerprint density at radius 2 is 1.61 bits per heavy atom. The van der Waals surface area contributed by atoms with Crippen molar-refractivity contribution < 1.29 is 0 Å². The van der Waals surface area contributed by atoms with Gasteiger partial charge in [-0.2, -0.15) is 0 Å². The Hall–Kier alpha value is -2.07. The van der Waals surface area contributed by atoms with E-state index in [4.69, 9.17) is 23.7 Å². The predicted molar refractivity (Wildman–Crippen MR) is 80.3 cm³/mol. The van der Waals surface area contributed by atoms with Crippen molar-refractivity contribution in [3.63, 3.8) is 0 Å². The normalized spacial score (nSPS) is 10.0. The fourth-order valence-electron chi connectivity index (χ4n) is 1.72. The molecule has 0 bridgehead atoms. The van der Waals surface area contributed by atoms with Crippen molar-refractivity contribution in [3.05, 3.63) is 60.2 Å². The number of nitrogens with two attached hydrogens (primary N) is 2. The first-order chi connectivity index (χ1) is 8.66. The Morgan fingerprint density at radius 3 is 2.17 bits per heavy atom. The first-order valence-corrected chi connectivity index (χ1v) is 6.04. The fourth-order valence-corrected chi connectivity index (χ4v) is 1.89. The maximum absolute atomic E-state index is 5.78. The van der Waals surface area contributed by atoms with Crippen LogP contribution in [0.1, 0.15) is 5.56 Å². The molecule has 0 spiro atoms. The molecule has 0 aliphatic carbocycles. The van der Waals surface area contributed by atoms with Crippen LogP contribution < -0.4 is 16.4 Å². The molecule has 0 unspecified atom stereocenters. The highest BCUT2D eigenvalue weighted by Crippen LogP contribution is 2.18. The van der Waals surface area contributed by atoms with Gasteiger partial charge in [0.15, 0.2) is 5.11 Å². The van der Waals surface area contributed by atoms with E-state index in [0.717, 1.165) is 16.9 Å². The standard InChI is InChI=1S/C14H15N3S/c15-12-6-8-13(9-7-12)17(14(16)18)10-11-4-2-1-3-5-11/h1-9H,10,15H2,(H2,16,18). The molecule has 4 N–H and O–H groups in total. The molecule has 0 saturated carbocycles. The highest BCUT2D eigenvalue weighted by molar-refractivity contribution is 7.80. The van der Waals surface area contributed by atoms with Gasteiger partial charge in [0, 0.05) is 11.4 Å². The summed E-state index contributed by atoms with van der Waals surface area (Å²) in [6.07, 6.45) is 0. The SMILES string of the molecule is NC(=S)N(Cc1ccccc1)c1ccc(N)cc1. The van der Waals surface area contributed by atoms with Crippen LogP contribution in [-0.2, 0) is 6.54 Å². The number of hydrogen-bond donors (Lipinski definition) is 2. The Morgan fingerprint density at radius 1 is 1.00 bits per heavy atom. The molecule has 18 heavy (non-hydrogen) atoms. The summed E-state index contributed by atoms with van der Waals surface area (Å²) in [7, 11) is 0. The van der Waals surface area contributed by atoms with Gasteiger partial charge in [-0.15, -0.1) is 0 Å². The molecule has 0 radical (unpaired) electrons. The van der Waals surface area contributed by atoms with Crippen molar-refractivity contribution in [3.8, 4) is 0 Å². The van der Waals surface area contributed by atoms with Crippen molar-refractivity contribution in [2.75, 3.05) is 10.6 Å². The van der Waals surface area contributed by atoms with Gasteiger partial charge >= 0.3 is 0 Å². The molecule has 92 valence electrons. The van der Waals surface area contributed by atoms with Gasteiger partial charge in [-0.25, -0.2) is 0 Å². The first-order valence-electron chi connectivity index (χ1n) is 5.63. The molecule has 2 rings (SSSR count). The van der Waals surface area contributed by atoms with Crippen molar-refractivity contribution >= 4 is 28.7 Å². The minimum absolute atomic E-state index is 0.351. The zero-order valence-corrected chi connectivity index (χ0v) is 10.7. The van der Waals surface area contributed by atoms with Gasteiger partial charge in [-0.05, 0) is 42.0 Å². The van der Waals surface area contributed by atoms with Gasteiger partial charge in [-0.3, -0.25) is 0 Å². The molecular weight excluding hydrogens is 242 g/mol. The van der Waals surface area contributed by atoms with Crippen molar-refractivity contribution in [1.82, 2.24) is 0 Å². The van der Waals surface area contributed by atoms with Crippen LogP contribution in [0.3, 0.4) is 0 Å². The Balaban J connectivity index is 2.24. The topological polar surface area (TPSA) is 55.3 Å². The number of benzene rings is 2. The first kappa shape index (κ1) is 12.4. The zero-order chi connectivity index (χ0) is 13.0. The number of thiocarbonyl (C=S) groups is 1. The van der Waals surface area contributed by atoms with Crippen LogP contribution in [0.2, 0.25) is 0 Å². The zero-order valence-electron chi connectivity index (χ0n) is 9.91. The van der Waals surface area contributed by atoms with Crippen LogP contribution >= 0.6 is 12.2 Å². The largest absolute Gasteiger partial charge is 0.399 e. The van der Waals surface area contributed by atoms with Gasteiger partial charge in [0.05, 0.1) is 6.54 Å². The van der Waals surface area contributed by atoms with E-state index in [1.807, 2.05) is 59.5 Å². The lowest BCUT2D eigenvalue weighted by Crippen LogP contribution is -2.34. The summed E-state index contributed by atoms with van der Waals surface area (Å²) >= 11 is 5.10. The predicted octanol–water partition coefficient (Wildman–Crippen LogP) is 2.52. The summed E-state index contributed by atoms with van der Waals surface area (Å²) in [5.41, 5.74) is 14.3. The average molecular weight is 257 g/mol. The van der Waals surface area contributed by atoms with Crippen LogP contribution in [-0.4, -0.2) is 5.11 Å². The monoisotopic (exact) mass is 257 g/mol. The van der Waals surface area contributed by atoms with Gasteiger partial charge in [0.2, 0.25) is 0 Å². The van der Waals surface area contributed by atoms with Crippen molar-refractivity contribution in [2.24, 2.45) is 5.73 Å². The van der Waals surface area contributed by atoms with Crippen molar-refractivity contribution in [2.45, 2.75) is 6.54 Å². The number of anilines is 2. The molecule has 0 atom stereocenters. The van der Waals surface area contributed by atoms with Gasteiger partial charge in [0.25, 0.3) is 0 Å². The van der Waals surface area contributed by atoms with Crippen LogP contribution in [0.4, 0.5) is 11.4 Å². The maximum atomic E-state index is 5.78. The van der Waals surface area contributed by atoms with Crippen LogP contribution in [0.15, 0.2) is 54.6 Å². The van der Waals surface area contributed by atoms with Crippen molar-refractivity contribution in [1.29, 1.82) is 0 Å². The van der Waals surface area contributed by atoms with Crippen LogP contribution in [0.25, 0.3) is 0 Å². The van der Waals surface area contributed by atoms with E-state index in [0.29, 0.717) is 11.7 Å². The molecule has 0 amide bonds. The summed E-state index contributed by atoms with van der Waals surface area (Å²) in [4.78, 5) is 1.88. The lowest BCUT2D eigenvalue weighted by Gasteiger charge is -2.23. The summed E-state index contributed by atoms with van der Waals surface area (Å²) < 4.78 is 0. The van der Waals surface area contributed by atoms with Gasteiger partial charge in [-0.1, -0.05) is 30.3 Å². The third-order valence-electron chi connectivity index (χ3n) is 2.65. The second kappa shape index (κ2) is 5.51. The Bertz CT molecular complexity index is 522. The van der Waals surface area contributed by atoms with E-state index in [1.54, 1.807) is 0 Å². The van der Waals surface area contributed by atoms with Gasteiger partial charge < -0.3 is 16.4 Å². The summed E-state index contributed by atoms with van der Waals surface area (Å²) in [6, 6.07) is 17.6. The van der Waals surface area contributed by atoms with E-state index < -0.39 is 0 Å². The highest BCUT2D eigenvalue weighted by atomic mass is 32.1. The van der Waals surface area contributed by atoms with E-state index in [2.05, 4.69) is 0 Å². The molecule has 0 aliphatic rings. The molecule has 3 nitrogen and oxygen atoms in total. The second-order valence-electron chi connectivity index (χ2n) is 4.00. The molecule has 0 saturated heterocycles. The minimum Gasteiger partial charge on any atom is -0.399 e.